The summed E-state index contributed by atoms with van der Waals surface area (Å²) in [6.07, 6.45) is 0.0175. The minimum Gasteiger partial charge on any atom is -0.453 e. The molecule has 1 aliphatic heterocycles. The number of aliphatic hydroxyl groups is 1. The molecule has 3 rings (SSSR count). The molecule has 1 aromatic carbocycles. The Hall–Kier alpha value is -3.66. The molecule has 2 bridgehead atoms. The van der Waals surface area contributed by atoms with Crippen LogP contribution in [0.15, 0.2) is 36.5 Å². The van der Waals surface area contributed by atoms with E-state index < -0.39 is 35.9 Å². The van der Waals surface area contributed by atoms with E-state index in [-0.39, 0.29) is 12.3 Å². The lowest BCUT2D eigenvalue weighted by Gasteiger charge is -2.26. The molecule has 2 heterocycles. The van der Waals surface area contributed by atoms with E-state index in [0.717, 1.165) is 5.56 Å². The minimum atomic E-state index is -0.958. The van der Waals surface area contributed by atoms with Crippen molar-refractivity contribution in [2.24, 2.45) is 5.92 Å². The predicted molar refractivity (Wildman–Crippen MR) is 131 cm³/mol. The van der Waals surface area contributed by atoms with Crippen LogP contribution in [0.25, 0.3) is 11.1 Å². The first-order valence-electron chi connectivity index (χ1n) is 11.4. The van der Waals surface area contributed by atoms with Crippen molar-refractivity contribution in [1.29, 1.82) is 0 Å². The van der Waals surface area contributed by atoms with Crippen molar-refractivity contribution < 1.29 is 29.0 Å². The SMILES string of the molecule is COC(=O)Nc1ccc2c(c1)NC(=O)[C@H](C)C(O)CC[C@H](NC(=O)OC(C)(C)C)c1cc-2ccn1. The molecule has 1 aliphatic rings. The van der Waals surface area contributed by atoms with Gasteiger partial charge >= 0.3 is 12.2 Å². The Bertz CT molecular complexity index is 1100. The van der Waals surface area contributed by atoms with Crippen molar-refractivity contribution in [2.75, 3.05) is 17.7 Å². The Morgan fingerprint density at radius 2 is 1.89 bits per heavy atom. The van der Waals surface area contributed by atoms with Crippen molar-refractivity contribution in [2.45, 2.75) is 58.3 Å². The maximum Gasteiger partial charge on any atom is 0.411 e. The van der Waals surface area contributed by atoms with Crippen LogP contribution in [0.4, 0.5) is 21.0 Å². The molecule has 0 saturated carbocycles. The van der Waals surface area contributed by atoms with Gasteiger partial charge in [-0.2, -0.15) is 0 Å². The third-order valence-corrected chi connectivity index (χ3v) is 5.59. The van der Waals surface area contributed by atoms with E-state index in [0.29, 0.717) is 29.1 Å². The summed E-state index contributed by atoms with van der Waals surface area (Å²) in [7, 11) is 1.26. The molecule has 10 heteroatoms. The fourth-order valence-electron chi connectivity index (χ4n) is 3.71. The molecule has 188 valence electrons. The average molecular weight is 485 g/mol. The molecule has 2 aromatic rings. The van der Waals surface area contributed by atoms with Crippen LogP contribution in [0.5, 0.6) is 0 Å². The number of nitrogens with one attached hydrogen (secondary N) is 3. The van der Waals surface area contributed by atoms with Gasteiger partial charge in [0.05, 0.1) is 36.6 Å². The number of carbonyl (C=O) groups excluding carboxylic acids is 3. The van der Waals surface area contributed by atoms with Gasteiger partial charge in [-0.15, -0.1) is 0 Å². The van der Waals surface area contributed by atoms with Gasteiger partial charge in [0.2, 0.25) is 5.91 Å². The number of aliphatic hydroxyl groups excluding tert-OH is 1. The zero-order valence-corrected chi connectivity index (χ0v) is 20.5. The van der Waals surface area contributed by atoms with Gasteiger partial charge in [-0.05, 0) is 63.4 Å². The number of carbonyl (C=O) groups is 3. The van der Waals surface area contributed by atoms with Crippen molar-refractivity contribution in [1.82, 2.24) is 10.3 Å². The Balaban J connectivity index is 2.05. The quantitative estimate of drug-likeness (QED) is 0.500. The van der Waals surface area contributed by atoms with Crippen LogP contribution in [-0.2, 0) is 14.3 Å². The highest BCUT2D eigenvalue weighted by atomic mass is 16.6. The molecule has 3 amide bonds. The van der Waals surface area contributed by atoms with Crippen LogP contribution in [0.1, 0.15) is 52.3 Å². The van der Waals surface area contributed by atoms with E-state index in [4.69, 9.17) is 4.74 Å². The fraction of sp³-hybridized carbons (Fsp3) is 0.440. The van der Waals surface area contributed by atoms with E-state index in [2.05, 4.69) is 25.7 Å². The summed E-state index contributed by atoms with van der Waals surface area (Å²) < 4.78 is 10.1. The van der Waals surface area contributed by atoms with Gasteiger partial charge in [0, 0.05) is 17.4 Å². The topological polar surface area (TPSA) is 139 Å². The molecule has 10 nitrogen and oxygen atoms in total. The third kappa shape index (κ3) is 6.92. The molecule has 0 radical (unpaired) electrons. The van der Waals surface area contributed by atoms with Crippen molar-refractivity contribution >= 4 is 29.5 Å². The summed E-state index contributed by atoms with van der Waals surface area (Å²) in [5.41, 5.74) is 2.21. The molecule has 1 aromatic heterocycles. The van der Waals surface area contributed by atoms with Gasteiger partial charge in [0.25, 0.3) is 0 Å². The molecule has 4 N–H and O–H groups in total. The summed E-state index contributed by atoms with van der Waals surface area (Å²) >= 11 is 0. The number of hydrogen-bond donors (Lipinski definition) is 4. The highest BCUT2D eigenvalue weighted by Crippen LogP contribution is 2.34. The summed E-state index contributed by atoms with van der Waals surface area (Å²) in [5.74, 6) is -1.10. The first-order chi connectivity index (χ1) is 16.5. The molecule has 0 aliphatic carbocycles. The van der Waals surface area contributed by atoms with Crippen molar-refractivity contribution in [3.05, 3.63) is 42.2 Å². The van der Waals surface area contributed by atoms with Gasteiger partial charge < -0.3 is 25.2 Å². The average Bonchev–Trinajstić information content (AvgIpc) is 2.79. The van der Waals surface area contributed by atoms with Crippen LogP contribution in [0, 0.1) is 5.92 Å². The first kappa shape index (κ1) is 26.0. The lowest BCUT2D eigenvalue weighted by Crippen LogP contribution is -2.36. The largest absolute Gasteiger partial charge is 0.453 e. The first-order valence-corrected chi connectivity index (χ1v) is 11.4. The predicted octanol–water partition coefficient (Wildman–Crippen LogP) is 4.22. The number of benzene rings is 1. The van der Waals surface area contributed by atoms with E-state index >= 15 is 0 Å². The second kappa shape index (κ2) is 10.7. The Morgan fingerprint density at radius 3 is 2.57 bits per heavy atom. The molecule has 0 fully saturated rings. The third-order valence-electron chi connectivity index (χ3n) is 5.59. The Kier molecular flexibility index (Phi) is 7.96. The molecular formula is C25H32N4O6. The lowest BCUT2D eigenvalue weighted by atomic mass is 9.93. The Morgan fingerprint density at radius 1 is 1.14 bits per heavy atom. The van der Waals surface area contributed by atoms with Gasteiger partial charge in [0.1, 0.15) is 5.60 Å². The van der Waals surface area contributed by atoms with Crippen LogP contribution >= 0.6 is 0 Å². The highest BCUT2D eigenvalue weighted by Gasteiger charge is 2.28. The van der Waals surface area contributed by atoms with Gasteiger partial charge in [0.15, 0.2) is 0 Å². The minimum absolute atomic E-state index is 0.248. The van der Waals surface area contributed by atoms with Crippen LogP contribution in [0.2, 0.25) is 0 Å². The Labute approximate surface area is 204 Å². The number of rotatable bonds is 2. The maximum atomic E-state index is 12.9. The van der Waals surface area contributed by atoms with Crippen molar-refractivity contribution in [3.8, 4) is 11.1 Å². The van der Waals surface area contributed by atoms with Crippen LogP contribution in [0.3, 0.4) is 0 Å². The molecule has 0 spiro atoms. The van der Waals surface area contributed by atoms with Gasteiger partial charge in [-0.3, -0.25) is 15.1 Å². The highest BCUT2D eigenvalue weighted by molar-refractivity contribution is 5.98. The second-order valence-corrected chi connectivity index (χ2v) is 9.47. The number of hydrogen-bond acceptors (Lipinski definition) is 7. The molecule has 0 saturated heterocycles. The number of pyridine rings is 1. The summed E-state index contributed by atoms with van der Waals surface area (Å²) in [6, 6.07) is 8.11. The summed E-state index contributed by atoms with van der Waals surface area (Å²) in [6.45, 7) is 6.96. The van der Waals surface area contributed by atoms with Gasteiger partial charge in [-0.25, -0.2) is 9.59 Å². The number of fused-ring (bicyclic) bond motifs is 4. The van der Waals surface area contributed by atoms with Crippen molar-refractivity contribution in [3.63, 3.8) is 0 Å². The number of nitrogens with zero attached hydrogens (tertiary/aromatic N) is 1. The smallest absolute Gasteiger partial charge is 0.411 e. The maximum absolute atomic E-state index is 12.9. The zero-order chi connectivity index (χ0) is 25.8. The number of aromatic nitrogens is 1. The van der Waals surface area contributed by atoms with E-state index in [1.807, 2.05) is 6.07 Å². The lowest BCUT2D eigenvalue weighted by molar-refractivity contribution is -0.122. The van der Waals surface area contributed by atoms with E-state index in [9.17, 15) is 19.5 Å². The van der Waals surface area contributed by atoms with E-state index in [1.165, 1.54) is 7.11 Å². The second-order valence-electron chi connectivity index (χ2n) is 9.47. The monoisotopic (exact) mass is 484 g/mol. The molecular weight excluding hydrogens is 452 g/mol. The number of alkyl carbamates (subject to hydrolysis) is 1. The molecule has 3 atom stereocenters. The summed E-state index contributed by atoms with van der Waals surface area (Å²) in [4.78, 5) is 41.6. The van der Waals surface area contributed by atoms with Gasteiger partial charge in [-0.1, -0.05) is 13.0 Å². The number of methoxy groups -OCH3 is 1. The number of anilines is 2. The fourth-order valence-corrected chi connectivity index (χ4v) is 3.71. The summed E-state index contributed by atoms with van der Waals surface area (Å²) in [5, 5.41) is 19.0. The zero-order valence-electron chi connectivity index (χ0n) is 20.5. The van der Waals surface area contributed by atoms with E-state index in [1.54, 1.807) is 58.2 Å². The molecule has 35 heavy (non-hydrogen) atoms. The number of amides is 3. The molecule has 1 unspecified atom stereocenters. The number of ether oxygens (including phenoxy) is 2. The van der Waals surface area contributed by atoms with Crippen LogP contribution < -0.4 is 16.0 Å². The standard InChI is InChI=1S/C25H32N4O6/c1-14-21(30)9-8-18(29-24(33)35-25(2,3)4)20-12-15(10-11-26-20)17-7-6-16(27-23(32)34-5)13-19(17)28-22(14)31/h6-7,10-14,18,21,30H,8-9H2,1-5H3,(H,27,32)(H,28,31)(H,29,33)/t14-,18+,21?/m1/s1. The van der Waals surface area contributed by atoms with Crippen LogP contribution in [-0.4, -0.2) is 47.0 Å². The normalized spacial score (nSPS) is 20.3.